The summed E-state index contributed by atoms with van der Waals surface area (Å²) in [6.45, 7) is 5.11. The number of para-hydroxylation sites is 1. The first-order valence-corrected chi connectivity index (χ1v) is 12.1. The number of hydrogen-bond acceptors (Lipinski definition) is 2. The Morgan fingerprint density at radius 3 is 2.62 bits per heavy atom. The summed E-state index contributed by atoms with van der Waals surface area (Å²) in [6, 6.07) is 10.4. The van der Waals surface area contributed by atoms with E-state index >= 15 is 0 Å². The molecule has 3 fully saturated rings. The van der Waals surface area contributed by atoms with Gasteiger partial charge in [-0.2, -0.15) is 15.0 Å². The summed E-state index contributed by atoms with van der Waals surface area (Å²) >= 11 is 6.58. The van der Waals surface area contributed by atoms with Crippen molar-refractivity contribution in [3.63, 3.8) is 0 Å². The molecule has 0 amide bonds. The molecule has 0 N–H and O–H groups in total. The molecule has 1 heterocycles. The summed E-state index contributed by atoms with van der Waals surface area (Å²) in [5.74, 6) is 3.27. The predicted molar refractivity (Wildman–Crippen MR) is 116 cm³/mol. The van der Waals surface area contributed by atoms with Crippen molar-refractivity contribution in [3.05, 3.63) is 41.7 Å². The number of nitrogens with zero attached hydrogens (tertiary/aromatic N) is 3. The Hall–Kier alpha value is -1.35. The Kier molecular flexibility index (Phi) is 4.02. The van der Waals surface area contributed by atoms with Gasteiger partial charge in [0.15, 0.2) is 0 Å². The molecule has 0 spiro atoms. The molecule has 6 rings (SSSR count). The SMILES string of the molecule is C[C@]12CCC3C(CC[C@H]4C[C@H](Cl)CC[C@]34C)[C@@H]1Cc1nn(-c3ccccc3)nc12. The van der Waals surface area contributed by atoms with E-state index in [9.17, 15) is 0 Å². The molecule has 1 aromatic carbocycles. The van der Waals surface area contributed by atoms with Crippen molar-refractivity contribution in [2.75, 3.05) is 0 Å². The summed E-state index contributed by atoms with van der Waals surface area (Å²) < 4.78 is 0. The van der Waals surface area contributed by atoms with Crippen LogP contribution in [0.4, 0.5) is 0 Å². The topological polar surface area (TPSA) is 30.7 Å². The van der Waals surface area contributed by atoms with Crippen LogP contribution in [0.2, 0.25) is 0 Å². The third-order valence-electron chi connectivity index (χ3n) is 9.62. The van der Waals surface area contributed by atoms with Crippen molar-refractivity contribution < 1.29 is 0 Å². The fraction of sp³-hybridized carbons (Fsp3) is 0.680. The Morgan fingerprint density at radius 2 is 1.79 bits per heavy atom. The third kappa shape index (κ3) is 2.55. The minimum Gasteiger partial charge on any atom is -0.153 e. The molecule has 7 atom stereocenters. The standard InChI is InChI=1S/C25H32ClN3/c1-24-12-10-17(26)14-16(24)8-9-19-20(24)11-13-25(2)21(19)15-22-23(25)28-29(27-22)18-6-4-3-5-7-18/h3-7,16-17,19-21H,8-15H2,1-2H3/t16-,17+,19?,20?,21-,24-,25-/m0/s1. The van der Waals surface area contributed by atoms with Gasteiger partial charge in [0.05, 0.1) is 17.1 Å². The van der Waals surface area contributed by atoms with E-state index in [1.165, 1.54) is 56.3 Å². The Bertz CT molecular complexity index is 923. The van der Waals surface area contributed by atoms with Gasteiger partial charge in [-0.15, -0.1) is 11.6 Å². The van der Waals surface area contributed by atoms with Gasteiger partial charge in [0, 0.05) is 10.8 Å². The van der Waals surface area contributed by atoms with E-state index in [1.807, 2.05) is 10.9 Å². The highest BCUT2D eigenvalue weighted by Gasteiger charge is 2.60. The lowest BCUT2D eigenvalue weighted by Gasteiger charge is -2.60. The first kappa shape index (κ1) is 18.4. The predicted octanol–water partition coefficient (Wildman–Crippen LogP) is 5.93. The van der Waals surface area contributed by atoms with Crippen LogP contribution in [0, 0.1) is 29.1 Å². The van der Waals surface area contributed by atoms with Crippen molar-refractivity contribution in [2.24, 2.45) is 29.1 Å². The number of aromatic nitrogens is 3. The van der Waals surface area contributed by atoms with E-state index in [0.29, 0.717) is 10.8 Å². The molecule has 0 aliphatic heterocycles. The van der Waals surface area contributed by atoms with E-state index in [-0.39, 0.29) is 5.41 Å². The van der Waals surface area contributed by atoms with Crippen LogP contribution < -0.4 is 0 Å². The number of rotatable bonds is 1. The normalized spacial score (nSPS) is 43.2. The molecule has 4 heteroatoms. The molecule has 0 saturated heterocycles. The van der Waals surface area contributed by atoms with Gasteiger partial charge >= 0.3 is 0 Å². The van der Waals surface area contributed by atoms with Gasteiger partial charge in [0.25, 0.3) is 0 Å². The van der Waals surface area contributed by atoms with Crippen molar-refractivity contribution in [3.8, 4) is 5.69 Å². The monoisotopic (exact) mass is 409 g/mol. The molecule has 4 aliphatic rings. The summed E-state index contributed by atoms with van der Waals surface area (Å²) in [4.78, 5) is 1.87. The number of benzene rings is 1. The average Bonchev–Trinajstić information content (AvgIpc) is 3.27. The molecule has 29 heavy (non-hydrogen) atoms. The van der Waals surface area contributed by atoms with Crippen molar-refractivity contribution in [1.29, 1.82) is 0 Å². The van der Waals surface area contributed by atoms with Crippen LogP contribution in [-0.2, 0) is 11.8 Å². The molecule has 154 valence electrons. The lowest BCUT2D eigenvalue weighted by molar-refractivity contribution is -0.0903. The average molecular weight is 410 g/mol. The largest absolute Gasteiger partial charge is 0.153 e. The summed E-state index contributed by atoms with van der Waals surface area (Å²) in [5, 5.41) is 10.4. The van der Waals surface area contributed by atoms with Gasteiger partial charge < -0.3 is 0 Å². The Balaban J connectivity index is 1.32. The second kappa shape index (κ2) is 6.33. The Morgan fingerprint density at radius 1 is 0.966 bits per heavy atom. The Labute approximate surface area is 179 Å². The number of alkyl halides is 1. The van der Waals surface area contributed by atoms with Crippen molar-refractivity contribution in [1.82, 2.24) is 15.0 Å². The molecule has 2 aromatic rings. The number of hydrogen-bond donors (Lipinski definition) is 0. The molecule has 3 nitrogen and oxygen atoms in total. The summed E-state index contributed by atoms with van der Waals surface area (Å²) in [7, 11) is 0. The summed E-state index contributed by atoms with van der Waals surface area (Å²) in [5.41, 5.74) is 4.34. The second-order valence-corrected chi connectivity index (χ2v) is 11.4. The van der Waals surface area contributed by atoms with E-state index < -0.39 is 0 Å². The minimum atomic E-state index is 0.205. The maximum Gasteiger partial charge on any atom is 0.0925 e. The molecule has 0 radical (unpaired) electrons. The molecular weight excluding hydrogens is 378 g/mol. The molecule has 2 unspecified atom stereocenters. The fourth-order valence-electron chi connectivity index (χ4n) is 8.00. The van der Waals surface area contributed by atoms with Crippen LogP contribution >= 0.6 is 11.6 Å². The minimum absolute atomic E-state index is 0.205. The van der Waals surface area contributed by atoms with Crippen LogP contribution in [-0.4, -0.2) is 20.4 Å². The van der Waals surface area contributed by atoms with Crippen LogP contribution in [0.5, 0.6) is 0 Å². The maximum atomic E-state index is 6.58. The maximum absolute atomic E-state index is 6.58. The van der Waals surface area contributed by atoms with Crippen molar-refractivity contribution in [2.45, 2.75) is 76.0 Å². The van der Waals surface area contributed by atoms with Gasteiger partial charge in [-0.1, -0.05) is 32.0 Å². The van der Waals surface area contributed by atoms with Crippen LogP contribution in [0.25, 0.3) is 5.69 Å². The van der Waals surface area contributed by atoms with Crippen LogP contribution in [0.3, 0.4) is 0 Å². The lowest BCUT2D eigenvalue weighted by Crippen LogP contribution is -2.54. The fourth-order valence-corrected chi connectivity index (χ4v) is 8.32. The third-order valence-corrected chi connectivity index (χ3v) is 10.0. The first-order valence-electron chi connectivity index (χ1n) is 11.7. The van der Waals surface area contributed by atoms with Crippen molar-refractivity contribution >= 4 is 11.6 Å². The van der Waals surface area contributed by atoms with E-state index in [1.54, 1.807) is 0 Å². The zero-order chi connectivity index (χ0) is 19.8. The quantitative estimate of drug-likeness (QED) is 0.546. The zero-order valence-electron chi connectivity index (χ0n) is 17.6. The van der Waals surface area contributed by atoms with E-state index in [4.69, 9.17) is 21.8 Å². The molecule has 4 aliphatic carbocycles. The van der Waals surface area contributed by atoms with E-state index in [2.05, 4.69) is 38.1 Å². The highest BCUT2D eigenvalue weighted by molar-refractivity contribution is 6.20. The number of fused-ring (bicyclic) bond motifs is 7. The van der Waals surface area contributed by atoms with Gasteiger partial charge in [-0.25, -0.2) is 0 Å². The zero-order valence-corrected chi connectivity index (χ0v) is 18.4. The highest BCUT2D eigenvalue weighted by Crippen LogP contribution is 2.65. The first-order chi connectivity index (χ1) is 14.0. The van der Waals surface area contributed by atoms with Gasteiger partial charge in [0.2, 0.25) is 0 Å². The van der Waals surface area contributed by atoms with Crippen LogP contribution in [0.15, 0.2) is 30.3 Å². The highest BCUT2D eigenvalue weighted by atomic mass is 35.5. The molecule has 3 saturated carbocycles. The molecular formula is C25H32ClN3. The van der Waals surface area contributed by atoms with Gasteiger partial charge in [-0.3, -0.25) is 0 Å². The summed E-state index contributed by atoms with van der Waals surface area (Å²) in [6.07, 6.45) is 10.3. The molecule has 0 bridgehead atoms. The smallest absolute Gasteiger partial charge is 0.0925 e. The van der Waals surface area contributed by atoms with E-state index in [0.717, 1.165) is 35.8 Å². The lowest BCUT2D eigenvalue weighted by atomic mass is 9.45. The van der Waals surface area contributed by atoms with Crippen LogP contribution in [0.1, 0.15) is 70.2 Å². The molecule has 1 aromatic heterocycles. The van der Waals surface area contributed by atoms with Gasteiger partial charge in [-0.05, 0) is 92.6 Å². The second-order valence-electron chi connectivity index (χ2n) is 10.8. The van der Waals surface area contributed by atoms with Gasteiger partial charge in [0.1, 0.15) is 0 Å². The number of halogens is 1.